The van der Waals surface area contributed by atoms with Crippen molar-refractivity contribution in [3.8, 4) is 0 Å². The van der Waals surface area contributed by atoms with Crippen LogP contribution < -0.4 is 0 Å². The highest BCUT2D eigenvalue weighted by Crippen LogP contribution is 2.45. The second kappa shape index (κ2) is 72.6. The van der Waals surface area contributed by atoms with E-state index in [9.17, 15) is 43.2 Å². The van der Waals surface area contributed by atoms with E-state index < -0.39 is 97.5 Å². The first-order chi connectivity index (χ1) is 48.4. The molecule has 0 bridgehead atoms. The Morgan fingerprint density at radius 2 is 0.510 bits per heavy atom. The van der Waals surface area contributed by atoms with Crippen LogP contribution in [0.5, 0.6) is 0 Å². The van der Waals surface area contributed by atoms with Gasteiger partial charge in [-0.2, -0.15) is 0 Å². The number of rotatable bonds is 80. The first-order valence-electron chi connectivity index (χ1n) is 42.0. The van der Waals surface area contributed by atoms with E-state index in [-0.39, 0.29) is 25.7 Å². The Kier molecular flexibility index (Phi) is 71.2. The van der Waals surface area contributed by atoms with E-state index in [0.29, 0.717) is 25.7 Å². The molecule has 0 amide bonds. The lowest BCUT2D eigenvalue weighted by Gasteiger charge is -2.21. The molecule has 0 aliphatic carbocycles. The normalized spacial score (nSPS) is 14.2. The molecule has 0 aromatic carbocycles. The van der Waals surface area contributed by atoms with Gasteiger partial charge in [0.15, 0.2) is 12.2 Å². The molecule has 3 unspecified atom stereocenters. The Morgan fingerprint density at radius 1 is 0.290 bits per heavy atom. The number of esters is 4. The van der Waals surface area contributed by atoms with Crippen molar-refractivity contribution < 1.29 is 80.2 Å². The molecule has 0 radical (unpaired) electrons. The van der Waals surface area contributed by atoms with E-state index in [0.717, 1.165) is 102 Å². The largest absolute Gasteiger partial charge is 0.472 e. The van der Waals surface area contributed by atoms with Crippen LogP contribution in [-0.2, 0) is 65.4 Å². The van der Waals surface area contributed by atoms with E-state index in [1.807, 2.05) is 0 Å². The maximum atomic E-state index is 13.1. The van der Waals surface area contributed by atoms with Crippen LogP contribution in [0.3, 0.4) is 0 Å². The van der Waals surface area contributed by atoms with Gasteiger partial charge in [-0.1, -0.05) is 375 Å². The van der Waals surface area contributed by atoms with Crippen LogP contribution >= 0.6 is 15.6 Å². The van der Waals surface area contributed by atoms with Gasteiger partial charge in [0, 0.05) is 25.7 Å². The molecule has 6 atom stereocenters. The maximum absolute atomic E-state index is 13.1. The van der Waals surface area contributed by atoms with Crippen LogP contribution in [0, 0.1) is 11.8 Å². The van der Waals surface area contributed by atoms with Crippen molar-refractivity contribution >= 4 is 39.5 Å². The topological polar surface area (TPSA) is 237 Å². The van der Waals surface area contributed by atoms with Gasteiger partial charge < -0.3 is 33.8 Å². The van der Waals surface area contributed by atoms with Crippen molar-refractivity contribution in [1.29, 1.82) is 0 Å². The molecule has 0 aromatic heterocycles. The molecule has 0 spiro atoms. The lowest BCUT2D eigenvalue weighted by Crippen LogP contribution is -2.30. The third-order valence-corrected chi connectivity index (χ3v) is 21.2. The van der Waals surface area contributed by atoms with Crippen LogP contribution in [0.2, 0.25) is 0 Å². The van der Waals surface area contributed by atoms with Crippen molar-refractivity contribution in [2.24, 2.45) is 11.8 Å². The fourth-order valence-corrected chi connectivity index (χ4v) is 14.1. The van der Waals surface area contributed by atoms with E-state index in [4.69, 9.17) is 37.0 Å². The molecule has 19 heteroatoms. The Labute approximate surface area is 613 Å². The monoisotopic (exact) mass is 1470 g/mol. The summed E-state index contributed by atoms with van der Waals surface area (Å²) in [6, 6.07) is 0. The third kappa shape index (κ3) is 73.0. The Hall–Kier alpha value is -1.94. The van der Waals surface area contributed by atoms with Crippen LogP contribution in [0.1, 0.15) is 427 Å². The summed E-state index contributed by atoms with van der Waals surface area (Å²) in [6.07, 6.45) is 62.2. The van der Waals surface area contributed by atoms with E-state index in [2.05, 4.69) is 41.5 Å². The highest BCUT2D eigenvalue weighted by Gasteiger charge is 2.30. The average molecular weight is 1470 g/mol. The molecule has 0 fully saturated rings. The number of aliphatic hydroxyl groups excluding tert-OH is 1. The maximum Gasteiger partial charge on any atom is 0.472 e. The minimum Gasteiger partial charge on any atom is -0.462 e. The molecule has 0 saturated carbocycles. The first kappa shape index (κ1) is 98.1. The summed E-state index contributed by atoms with van der Waals surface area (Å²) in [5, 5.41) is 10.6. The van der Waals surface area contributed by atoms with Crippen molar-refractivity contribution in [3.05, 3.63) is 0 Å². The summed E-state index contributed by atoms with van der Waals surface area (Å²) in [4.78, 5) is 73.1. The van der Waals surface area contributed by atoms with E-state index in [1.165, 1.54) is 244 Å². The van der Waals surface area contributed by atoms with Gasteiger partial charge in [-0.15, -0.1) is 0 Å². The van der Waals surface area contributed by atoms with Gasteiger partial charge in [0.25, 0.3) is 0 Å². The molecule has 0 aliphatic rings. The lowest BCUT2D eigenvalue weighted by atomic mass is 9.99. The zero-order valence-electron chi connectivity index (χ0n) is 65.5. The van der Waals surface area contributed by atoms with Crippen molar-refractivity contribution in [1.82, 2.24) is 0 Å². The van der Waals surface area contributed by atoms with E-state index in [1.54, 1.807) is 0 Å². The minimum absolute atomic E-state index is 0.108. The number of phosphoric acid groups is 2. The second-order valence-electron chi connectivity index (χ2n) is 29.9. The van der Waals surface area contributed by atoms with Gasteiger partial charge in [-0.3, -0.25) is 37.3 Å². The number of carbonyl (C=O) groups is 4. The first-order valence-corrected chi connectivity index (χ1v) is 45.0. The molecule has 0 saturated heterocycles. The fourth-order valence-electron chi connectivity index (χ4n) is 12.5. The molecular weight excluding hydrogens is 1310 g/mol. The highest BCUT2D eigenvalue weighted by molar-refractivity contribution is 7.47. The van der Waals surface area contributed by atoms with Gasteiger partial charge in [0.2, 0.25) is 0 Å². The predicted molar refractivity (Wildman–Crippen MR) is 409 cm³/mol. The number of aliphatic hydroxyl groups is 1. The van der Waals surface area contributed by atoms with Gasteiger partial charge in [0.05, 0.1) is 26.4 Å². The van der Waals surface area contributed by atoms with Crippen molar-refractivity contribution in [2.75, 3.05) is 39.6 Å². The van der Waals surface area contributed by atoms with Gasteiger partial charge in [0.1, 0.15) is 19.3 Å². The molecule has 0 rings (SSSR count). The summed E-state index contributed by atoms with van der Waals surface area (Å²) in [5.74, 6) is -0.478. The molecular formula is C81H158O17P2. The number of phosphoric ester groups is 2. The van der Waals surface area contributed by atoms with Crippen LogP contribution in [0.4, 0.5) is 0 Å². The highest BCUT2D eigenvalue weighted by atomic mass is 31.2. The predicted octanol–water partition coefficient (Wildman–Crippen LogP) is 24.3. The quantitative estimate of drug-likeness (QED) is 0.0222. The molecule has 594 valence electrons. The van der Waals surface area contributed by atoms with Gasteiger partial charge in [-0.25, -0.2) is 9.13 Å². The fraction of sp³-hybridized carbons (Fsp3) is 0.951. The Balaban J connectivity index is 5.27. The summed E-state index contributed by atoms with van der Waals surface area (Å²) in [5.41, 5.74) is 0. The summed E-state index contributed by atoms with van der Waals surface area (Å²) in [6.45, 7) is 9.71. The van der Waals surface area contributed by atoms with Gasteiger partial charge >= 0.3 is 39.5 Å². The molecule has 0 aromatic rings. The zero-order valence-corrected chi connectivity index (χ0v) is 67.3. The number of unbranched alkanes of at least 4 members (excludes halogenated alkanes) is 49. The Bertz CT molecular complexity index is 1930. The number of carbonyl (C=O) groups excluding carboxylic acids is 4. The summed E-state index contributed by atoms with van der Waals surface area (Å²) < 4.78 is 68.8. The van der Waals surface area contributed by atoms with Crippen molar-refractivity contribution in [3.63, 3.8) is 0 Å². The summed E-state index contributed by atoms with van der Waals surface area (Å²) >= 11 is 0. The van der Waals surface area contributed by atoms with E-state index >= 15 is 0 Å². The molecule has 17 nitrogen and oxygen atoms in total. The summed E-state index contributed by atoms with van der Waals surface area (Å²) in [7, 11) is -9.92. The van der Waals surface area contributed by atoms with Crippen LogP contribution in [0.15, 0.2) is 0 Å². The zero-order chi connectivity index (χ0) is 73.5. The third-order valence-electron chi connectivity index (χ3n) is 19.3. The SMILES string of the molecule is CCCCCCCCCCCCCCCCCC(=O)O[C@H](COC(=O)CCCCCCCCCCCCCC)COP(=O)(O)OC[C@H](O)COP(=O)(O)OC[C@@H](COC(=O)CCCCCCCCCCCCCCC(C)C)OC(=O)CCCCCCCCCCCCCCCCC(C)CC. The Morgan fingerprint density at radius 3 is 0.760 bits per heavy atom. The number of hydrogen-bond donors (Lipinski definition) is 3. The molecule has 3 N–H and O–H groups in total. The smallest absolute Gasteiger partial charge is 0.462 e. The molecule has 0 aliphatic heterocycles. The van der Waals surface area contributed by atoms with Crippen LogP contribution in [0.25, 0.3) is 0 Å². The van der Waals surface area contributed by atoms with Crippen LogP contribution in [-0.4, -0.2) is 96.7 Å². The minimum atomic E-state index is -4.96. The lowest BCUT2D eigenvalue weighted by molar-refractivity contribution is -0.161. The average Bonchev–Trinajstić information content (AvgIpc) is 0.925. The standard InChI is InChI=1S/C81H158O17P2/c1-7-10-12-14-16-18-20-22-23-27-35-41-47-53-59-65-80(85)97-76(69-91-78(83)63-57-51-45-39-33-21-19-17-15-13-11-8-2)71-95-99(87,88)93-67-75(82)68-94-100(89,90)96-72-77(70-92-79(84)64-58-52-46-40-34-30-29-31-37-43-49-55-61-73(4)5)98-81(86)66-60-54-48-42-36-28-25-24-26-32-38-44-50-56-62-74(6)9-3/h73-77,82H,7-72H2,1-6H3,(H,87,88)(H,89,90)/t74?,75-,76+,77+/m0/s1. The molecule has 0 heterocycles. The second-order valence-corrected chi connectivity index (χ2v) is 32.8. The van der Waals surface area contributed by atoms with Gasteiger partial charge in [-0.05, 0) is 37.5 Å². The molecule has 100 heavy (non-hydrogen) atoms. The van der Waals surface area contributed by atoms with Crippen molar-refractivity contribution in [2.45, 2.75) is 445 Å². The number of ether oxygens (including phenoxy) is 4. The number of hydrogen-bond acceptors (Lipinski definition) is 15.